The lowest BCUT2D eigenvalue weighted by molar-refractivity contribution is 0.152. The molecular formula is C14H17ClN2O2. The molecule has 1 aliphatic heterocycles. The van der Waals surface area contributed by atoms with E-state index in [1.807, 2.05) is 6.07 Å². The molecule has 1 aromatic heterocycles. The minimum Gasteiger partial charge on any atom is -0.408 e. The van der Waals surface area contributed by atoms with Crippen molar-refractivity contribution >= 4 is 22.7 Å². The number of oxazole rings is 1. The molecule has 4 nitrogen and oxygen atoms in total. The van der Waals surface area contributed by atoms with Gasteiger partial charge in [-0.25, -0.2) is 4.79 Å². The first-order valence-electron chi connectivity index (χ1n) is 6.65. The lowest BCUT2D eigenvalue weighted by Crippen LogP contribution is -2.36. The van der Waals surface area contributed by atoms with E-state index in [9.17, 15) is 4.79 Å². The van der Waals surface area contributed by atoms with E-state index in [4.69, 9.17) is 16.0 Å². The summed E-state index contributed by atoms with van der Waals surface area (Å²) >= 11 is 5.91. The highest BCUT2D eigenvalue weighted by Gasteiger charge is 2.18. The highest BCUT2D eigenvalue weighted by atomic mass is 35.5. The number of halogens is 1. The summed E-state index contributed by atoms with van der Waals surface area (Å²) in [6.45, 7) is 4.95. The van der Waals surface area contributed by atoms with Crippen LogP contribution in [0.5, 0.6) is 0 Å². The quantitative estimate of drug-likeness (QED) is 0.849. The number of nitrogens with zero attached hydrogens (tertiary/aromatic N) is 2. The molecule has 0 spiro atoms. The number of fused-ring (bicyclic) bond motifs is 1. The Hall–Kier alpha value is -1.26. The van der Waals surface area contributed by atoms with Crippen molar-refractivity contribution < 1.29 is 4.42 Å². The molecule has 0 atom stereocenters. The third kappa shape index (κ3) is 2.55. The molecule has 0 N–H and O–H groups in total. The molecule has 2 aromatic rings. The van der Waals surface area contributed by atoms with E-state index in [1.54, 1.807) is 16.7 Å². The lowest BCUT2D eigenvalue weighted by Gasteiger charge is -2.29. The smallest absolute Gasteiger partial charge is 0.408 e. The Balaban J connectivity index is 1.88. The topological polar surface area (TPSA) is 38.4 Å². The predicted octanol–water partition coefficient (Wildman–Crippen LogP) is 2.94. The van der Waals surface area contributed by atoms with E-state index in [0.717, 1.165) is 24.5 Å². The van der Waals surface area contributed by atoms with Crippen molar-refractivity contribution in [1.29, 1.82) is 0 Å². The molecule has 0 saturated carbocycles. The SMILES string of the molecule is CC1CCN(Cn2c(=O)oc3cc(Cl)ccc32)CC1. The van der Waals surface area contributed by atoms with Crippen LogP contribution in [-0.4, -0.2) is 22.6 Å². The molecule has 19 heavy (non-hydrogen) atoms. The van der Waals surface area contributed by atoms with Crippen molar-refractivity contribution in [2.45, 2.75) is 26.4 Å². The van der Waals surface area contributed by atoms with E-state index in [2.05, 4.69) is 11.8 Å². The number of hydrogen-bond donors (Lipinski definition) is 0. The molecule has 102 valence electrons. The maximum absolute atomic E-state index is 11.9. The predicted molar refractivity (Wildman–Crippen MR) is 75.5 cm³/mol. The van der Waals surface area contributed by atoms with E-state index < -0.39 is 0 Å². The van der Waals surface area contributed by atoms with Gasteiger partial charge in [-0.1, -0.05) is 18.5 Å². The van der Waals surface area contributed by atoms with Gasteiger partial charge in [0.2, 0.25) is 0 Å². The van der Waals surface area contributed by atoms with Crippen molar-refractivity contribution in [3.8, 4) is 0 Å². The standard InChI is InChI=1S/C14H17ClN2O2/c1-10-4-6-16(7-5-10)9-17-12-3-2-11(15)8-13(12)19-14(17)18/h2-3,8,10H,4-7,9H2,1H3. The van der Waals surface area contributed by atoms with Crippen molar-refractivity contribution in [2.75, 3.05) is 13.1 Å². The fraction of sp³-hybridized carbons (Fsp3) is 0.500. The number of benzene rings is 1. The van der Waals surface area contributed by atoms with Crippen LogP contribution in [0.4, 0.5) is 0 Å². The number of aromatic nitrogens is 1. The van der Waals surface area contributed by atoms with Crippen LogP contribution < -0.4 is 5.76 Å². The average molecular weight is 281 g/mol. The zero-order valence-corrected chi connectivity index (χ0v) is 11.7. The molecule has 0 bridgehead atoms. The van der Waals surface area contributed by atoms with E-state index in [1.165, 1.54) is 12.8 Å². The second-order valence-corrected chi connectivity index (χ2v) is 5.79. The van der Waals surface area contributed by atoms with Gasteiger partial charge in [0.1, 0.15) is 0 Å². The van der Waals surface area contributed by atoms with E-state index in [-0.39, 0.29) is 5.76 Å². The van der Waals surface area contributed by atoms with Gasteiger partial charge in [0, 0.05) is 24.2 Å². The first kappa shape index (κ1) is 12.8. The normalized spacial score (nSPS) is 18.2. The minimum absolute atomic E-state index is 0.309. The van der Waals surface area contributed by atoms with Gasteiger partial charge in [0.05, 0.1) is 12.2 Å². The molecule has 5 heteroatoms. The van der Waals surface area contributed by atoms with Crippen molar-refractivity contribution in [1.82, 2.24) is 9.47 Å². The zero-order valence-electron chi connectivity index (χ0n) is 10.9. The fourth-order valence-electron chi connectivity index (χ4n) is 2.58. The van der Waals surface area contributed by atoms with E-state index >= 15 is 0 Å². The van der Waals surface area contributed by atoms with Gasteiger partial charge < -0.3 is 4.42 Å². The summed E-state index contributed by atoms with van der Waals surface area (Å²) in [5.41, 5.74) is 1.37. The number of piperidine rings is 1. The maximum Gasteiger partial charge on any atom is 0.421 e. The third-order valence-electron chi connectivity index (χ3n) is 3.85. The highest BCUT2D eigenvalue weighted by molar-refractivity contribution is 6.31. The highest BCUT2D eigenvalue weighted by Crippen LogP contribution is 2.20. The molecule has 0 unspecified atom stereocenters. The summed E-state index contributed by atoms with van der Waals surface area (Å²) in [7, 11) is 0. The second kappa shape index (κ2) is 5.02. The molecule has 1 aromatic carbocycles. The molecule has 1 aliphatic rings. The van der Waals surface area contributed by atoms with Gasteiger partial charge in [-0.2, -0.15) is 0 Å². The van der Waals surface area contributed by atoms with Crippen LogP contribution in [0.15, 0.2) is 27.4 Å². The first-order valence-corrected chi connectivity index (χ1v) is 7.02. The molecule has 3 rings (SSSR count). The van der Waals surface area contributed by atoms with E-state index in [0.29, 0.717) is 17.3 Å². The number of rotatable bonds is 2. The summed E-state index contributed by atoms with van der Waals surface area (Å²) < 4.78 is 6.92. The van der Waals surface area contributed by atoms with Crippen LogP contribution in [0, 0.1) is 5.92 Å². The Morgan fingerprint density at radius 2 is 2.11 bits per heavy atom. The summed E-state index contributed by atoms with van der Waals surface area (Å²) in [5, 5.41) is 0.584. The first-order chi connectivity index (χ1) is 9.13. The van der Waals surface area contributed by atoms with Crippen LogP contribution in [0.3, 0.4) is 0 Å². The minimum atomic E-state index is -0.309. The Morgan fingerprint density at radius 3 is 2.84 bits per heavy atom. The monoisotopic (exact) mass is 280 g/mol. The van der Waals surface area contributed by atoms with Crippen LogP contribution in [0.1, 0.15) is 19.8 Å². The summed E-state index contributed by atoms with van der Waals surface area (Å²) in [4.78, 5) is 14.2. The van der Waals surface area contributed by atoms with Crippen molar-refractivity contribution in [3.63, 3.8) is 0 Å². The molecule has 1 fully saturated rings. The third-order valence-corrected chi connectivity index (χ3v) is 4.08. The average Bonchev–Trinajstić information content (AvgIpc) is 2.68. The van der Waals surface area contributed by atoms with Crippen LogP contribution in [0.25, 0.3) is 11.1 Å². The zero-order chi connectivity index (χ0) is 13.4. The number of hydrogen-bond acceptors (Lipinski definition) is 3. The Labute approximate surface area is 116 Å². The lowest BCUT2D eigenvalue weighted by atomic mass is 10.00. The molecule has 0 aliphatic carbocycles. The maximum atomic E-state index is 11.9. The van der Waals surface area contributed by atoms with Gasteiger partial charge in [-0.05, 0) is 30.9 Å². The van der Waals surface area contributed by atoms with Gasteiger partial charge in [-0.15, -0.1) is 0 Å². The molecule has 0 amide bonds. The molecule has 1 saturated heterocycles. The van der Waals surface area contributed by atoms with Crippen molar-refractivity contribution in [3.05, 3.63) is 33.8 Å². The Morgan fingerprint density at radius 1 is 1.37 bits per heavy atom. The Kier molecular flexibility index (Phi) is 3.37. The van der Waals surface area contributed by atoms with Crippen molar-refractivity contribution in [2.24, 2.45) is 5.92 Å². The Bertz CT molecular complexity index is 638. The summed E-state index contributed by atoms with van der Waals surface area (Å²) in [6.07, 6.45) is 2.38. The molecule has 2 heterocycles. The van der Waals surface area contributed by atoms with Crippen LogP contribution >= 0.6 is 11.6 Å². The molecular weight excluding hydrogens is 264 g/mol. The summed E-state index contributed by atoms with van der Waals surface area (Å²) in [6, 6.07) is 5.32. The van der Waals surface area contributed by atoms with Gasteiger partial charge in [-0.3, -0.25) is 9.47 Å². The molecule has 0 radical (unpaired) electrons. The van der Waals surface area contributed by atoms with Gasteiger partial charge in [0.25, 0.3) is 0 Å². The van der Waals surface area contributed by atoms with Gasteiger partial charge >= 0.3 is 5.76 Å². The van der Waals surface area contributed by atoms with Gasteiger partial charge in [0.15, 0.2) is 5.58 Å². The van der Waals surface area contributed by atoms with Crippen LogP contribution in [-0.2, 0) is 6.67 Å². The summed E-state index contributed by atoms with van der Waals surface area (Å²) in [5.74, 6) is 0.476. The second-order valence-electron chi connectivity index (χ2n) is 5.35. The van der Waals surface area contributed by atoms with Crippen LogP contribution in [0.2, 0.25) is 5.02 Å². The largest absolute Gasteiger partial charge is 0.421 e. The fourth-order valence-corrected chi connectivity index (χ4v) is 2.74. The number of likely N-dealkylation sites (tertiary alicyclic amines) is 1.